The molecule has 6 nitrogen and oxygen atoms in total. The summed E-state index contributed by atoms with van der Waals surface area (Å²) in [6, 6.07) is 15.3. The number of pyridine rings is 1. The van der Waals surface area contributed by atoms with Crippen molar-refractivity contribution in [2.45, 2.75) is 12.6 Å². The summed E-state index contributed by atoms with van der Waals surface area (Å²) in [5.74, 6) is 0.673. The summed E-state index contributed by atoms with van der Waals surface area (Å²) >= 11 is 0. The SMILES string of the molecule is Cn1cc(-c2cc(Oc3cccc(CCNC(=O)c4cccc(C(F)(F)F)c4)c3)ccn2)cn1. The number of halogens is 3. The van der Waals surface area contributed by atoms with Crippen molar-refractivity contribution >= 4 is 5.91 Å². The molecule has 2 heterocycles. The van der Waals surface area contributed by atoms with Crippen LogP contribution in [0.1, 0.15) is 21.5 Å². The predicted octanol–water partition coefficient (Wildman–Crippen LogP) is 5.27. The topological polar surface area (TPSA) is 69.0 Å². The minimum absolute atomic E-state index is 0.0333. The van der Waals surface area contributed by atoms with Crippen LogP contribution in [0.5, 0.6) is 11.5 Å². The Morgan fingerprint density at radius 1 is 1.06 bits per heavy atom. The van der Waals surface area contributed by atoms with Crippen LogP contribution in [0.15, 0.2) is 79.3 Å². The lowest BCUT2D eigenvalue weighted by molar-refractivity contribution is -0.137. The van der Waals surface area contributed by atoms with E-state index in [9.17, 15) is 18.0 Å². The van der Waals surface area contributed by atoms with Gasteiger partial charge in [-0.3, -0.25) is 14.5 Å². The summed E-state index contributed by atoms with van der Waals surface area (Å²) in [6.07, 6.45) is 1.23. The summed E-state index contributed by atoms with van der Waals surface area (Å²) in [5, 5.41) is 6.81. The zero-order chi connectivity index (χ0) is 24.1. The summed E-state index contributed by atoms with van der Waals surface area (Å²) in [5.41, 5.74) is 1.63. The second kappa shape index (κ2) is 9.78. The van der Waals surface area contributed by atoms with E-state index in [2.05, 4.69) is 15.4 Å². The van der Waals surface area contributed by atoms with Crippen LogP contribution in [-0.2, 0) is 19.6 Å². The second-order valence-corrected chi connectivity index (χ2v) is 7.61. The molecule has 2 aromatic heterocycles. The standard InChI is InChI=1S/C25H21F3N4O2/c1-32-16-19(15-31-32)23-14-22(9-11-29-23)34-21-7-2-4-17(12-21)8-10-30-24(33)18-5-3-6-20(13-18)25(26,27)28/h2-7,9,11-16H,8,10H2,1H3,(H,30,33). The number of amides is 1. The third kappa shape index (κ3) is 5.80. The molecule has 4 aromatic rings. The van der Waals surface area contributed by atoms with Gasteiger partial charge in [-0.2, -0.15) is 18.3 Å². The average molecular weight is 466 g/mol. The predicted molar refractivity (Wildman–Crippen MR) is 120 cm³/mol. The highest BCUT2D eigenvalue weighted by Gasteiger charge is 2.30. The number of rotatable bonds is 7. The lowest BCUT2D eigenvalue weighted by atomic mass is 10.1. The number of aromatic nitrogens is 3. The highest BCUT2D eigenvalue weighted by molar-refractivity contribution is 5.94. The van der Waals surface area contributed by atoms with Gasteiger partial charge in [0.2, 0.25) is 0 Å². The zero-order valence-electron chi connectivity index (χ0n) is 18.2. The van der Waals surface area contributed by atoms with Crippen LogP contribution in [0.3, 0.4) is 0 Å². The molecule has 1 N–H and O–H groups in total. The Hall–Kier alpha value is -4.14. The maximum atomic E-state index is 12.9. The van der Waals surface area contributed by atoms with Gasteiger partial charge in [0, 0.05) is 43.2 Å². The molecule has 0 atom stereocenters. The van der Waals surface area contributed by atoms with Gasteiger partial charge in [0.1, 0.15) is 11.5 Å². The molecule has 34 heavy (non-hydrogen) atoms. The highest BCUT2D eigenvalue weighted by atomic mass is 19.4. The number of benzene rings is 2. The Morgan fingerprint density at radius 2 is 1.85 bits per heavy atom. The van der Waals surface area contributed by atoms with E-state index >= 15 is 0 Å². The van der Waals surface area contributed by atoms with Crippen LogP contribution >= 0.6 is 0 Å². The fourth-order valence-electron chi connectivity index (χ4n) is 3.35. The van der Waals surface area contributed by atoms with Gasteiger partial charge in [0.05, 0.1) is 17.5 Å². The first-order chi connectivity index (χ1) is 16.3. The number of nitrogens with zero attached hydrogens (tertiary/aromatic N) is 3. The van der Waals surface area contributed by atoms with Gasteiger partial charge in [0.15, 0.2) is 0 Å². The Bertz CT molecular complexity index is 1300. The summed E-state index contributed by atoms with van der Waals surface area (Å²) in [7, 11) is 1.83. The van der Waals surface area contributed by atoms with E-state index in [1.165, 1.54) is 12.1 Å². The van der Waals surface area contributed by atoms with Gasteiger partial charge < -0.3 is 10.1 Å². The third-order valence-corrected chi connectivity index (χ3v) is 5.02. The van der Waals surface area contributed by atoms with Crippen molar-refractivity contribution in [3.8, 4) is 22.8 Å². The van der Waals surface area contributed by atoms with Gasteiger partial charge in [-0.15, -0.1) is 0 Å². The molecule has 2 aromatic carbocycles. The van der Waals surface area contributed by atoms with Gasteiger partial charge >= 0.3 is 6.18 Å². The summed E-state index contributed by atoms with van der Waals surface area (Å²) < 4.78 is 46.2. The summed E-state index contributed by atoms with van der Waals surface area (Å²) in [6.45, 7) is 0.263. The first-order valence-electron chi connectivity index (χ1n) is 10.5. The number of ether oxygens (including phenoxy) is 1. The number of hydrogen-bond donors (Lipinski definition) is 1. The molecule has 0 saturated carbocycles. The first-order valence-corrected chi connectivity index (χ1v) is 10.5. The number of hydrogen-bond acceptors (Lipinski definition) is 4. The average Bonchev–Trinajstić information content (AvgIpc) is 3.25. The monoisotopic (exact) mass is 466 g/mol. The fourth-order valence-corrected chi connectivity index (χ4v) is 3.35. The van der Waals surface area contributed by atoms with Gasteiger partial charge in [-0.25, -0.2) is 0 Å². The smallest absolute Gasteiger partial charge is 0.416 e. The van der Waals surface area contributed by atoms with Crippen molar-refractivity contribution in [3.63, 3.8) is 0 Å². The van der Waals surface area contributed by atoms with E-state index in [0.29, 0.717) is 17.9 Å². The maximum absolute atomic E-state index is 12.9. The van der Waals surface area contributed by atoms with Crippen molar-refractivity contribution in [2.24, 2.45) is 7.05 Å². The number of aryl methyl sites for hydroxylation is 1. The van der Waals surface area contributed by atoms with E-state index < -0.39 is 17.6 Å². The molecule has 4 rings (SSSR count). The Morgan fingerprint density at radius 3 is 2.62 bits per heavy atom. The maximum Gasteiger partial charge on any atom is 0.416 e. The minimum atomic E-state index is -4.50. The molecular weight excluding hydrogens is 445 g/mol. The van der Waals surface area contributed by atoms with Crippen LogP contribution in [0.2, 0.25) is 0 Å². The molecule has 0 unspecified atom stereocenters. The quantitative estimate of drug-likeness (QED) is 0.403. The van der Waals surface area contributed by atoms with Crippen molar-refractivity contribution in [1.29, 1.82) is 0 Å². The fraction of sp³-hybridized carbons (Fsp3) is 0.160. The molecule has 0 radical (unpaired) electrons. The van der Waals surface area contributed by atoms with Gasteiger partial charge in [-0.05, 0) is 48.4 Å². The molecule has 0 fully saturated rings. The molecule has 1 amide bonds. The van der Waals surface area contributed by atoms with E-state index in [1.807, 2.05) is 43.6 Å². The van der Waals surface area contributed by atoms with Gasteiger partial charge in [-0.1, -0.05) is 18.2 Å². The van der Waals surface area contributed by atoms with Crippen molar-refractivity contribution in [3.05, 3.63) is 95.9 Å². The molecule has 9 heteroatoms. The first kappa shape index (κ1) is 23.0. The highest BCUT2D eigenvalue weighted by Crippen LogP contribution is 2.29. The molecule has 0 aliphatic rings. The Kier molecular flexibility index (Phi) is 6.62. The molecular formula is C25H21F3N4O2. The van der Waals surface area contributed by atoms with Crippen molar-refractivity contribution in [2.75, 3.05) is 6.54 Å². The molecule has 174 valence electrons. The van der Waals surface area contributed by atoms with Crippen LogP contribution in [-0.4, -0.2) is 27.2 Å². The van der Waals surface area contributed by atoms with Crippen LogP contribution in [0.4, 0.5) is 13.2 Å². The summed E-state index contributed by atoms with van der Waals surface area (Å²) in [4.78, 5) is 16.6. The van der Waals surface area contributed by atoms with Crippen LogP contribution < -0.4 is 10.1 Å². The van der Waals surface area contributed by atoms with Crippen molar-refractivity contribution < 1.29 is 22.7 Å². The molecule has 0 aliphatic heterocycles. The molecule has 0 aliphatic carbocycles. The molecule has 0 bridgehead atoms. The zero-order valence-corrected chi connectivity index (χ0v) is 18.2. The van der Waals surface area contributed by atoms with E-state index in [1.54, 1.807) is 23.1 Å². The number of alkyl halides is 3. The Labute approximate surface area is 194 Å². The van der Waals surface area contributed by atoms with Crippen LogP contribution in [0, 0.1) is 0 Å². The lowest BCUT2D eigenvalue weighted by Crippen LogP contribution is -2.26. The largest absolute Gasteiger partial charge is 0.457 e. The third-order valence-electron chi connectivity index (χ3n) is 5.02. The normalized spacial score (nSPS) is 11.3. The van der Waals surface area contributed by atoms with Crippen LogP contribution in [0.25, 0.3) is 11.3 Å². The van der Waals surface area contributed by atoms with Gasteiger partial charge in [0.25, 0.3) is 5.91 Å². The molecule has 0 spiro atoms. The number of nitrogens with one attached hydrogen (secondary N) is 1. The number of carbonyl (C=O) groups is 1. The van der Waals surface area contributed by atoms with E-state index in [-0.39, 0.29) is 12.1 Å². The Balaban J connectivity index is 1.36. The minimum Gasteiger partial charge on any atom is -0.457 e. The lowest BCUT2D eigenvalue weighted by Gasteiger charge is -2.10. The van der Waals surface area contributed by atoms with Crippen molar-refractivity contribution in [1.82, 2.24) is 20.1 Å². The molecule has 0 saturated heterocycles. The number of carbonyl (C=O) groups excluding carboxylic acids is 1. The van der Waals surface area contributed by atoms with E-state index in [4.69, 9.17) is 4.74 Å². The second-order valence-electron chi connectivity index (χ2n) is 7.61. The van der Waals surface area contributed by atoms with E-state index in [0.717, 1.165) is 29.0 Å².